The summed E-state index contributed by atoms with van der Waals surface area (Å²) >= 11 is 0. The van der Waals surface area contributed by atoms with Crippen molar-refractivity contribution in [1.82, 2.24) is 0 Å². The fourth-order valence-electron chi connectivity index (χ4n) is 3.20. The van der Waals surface area contributed by atoms with Crippen molar-refractivity contribution in [1.29, 1.82) is 0 Å². The first-order valence-corrected chi connectivity index (χ1v) is 8.83. The molecule has 0 spiro atoms. The summed E-state index contributed by atoms with van der Waals surface area (Å²) in [5, 5.41) is 0. The van der Waals surface area contributed by atoms with Crippen LogP contribution >= 0.6 is 0 Å². The Hall–Kier alpha value is -2.89. The maximum absolute atomic E-state index is 12.3. The van der Waals surface area contributed by atoms with Crippen LogP contribution in [0.5, 0.6) is 5.75 Å². The zero-order valence-corrected chi connectivity index (χ0v) is 15.3. The topological polar surface area (TPSA) is 68.0 Å². The predicted molar refractivity (Wildman–Crippen MR) is 104 cm³/mol. The zero-order chi connectivity index (χ0) is 18.5. The van der Waals surface area contributed by atoms with E-state index < -0.39 is 0 Å². The number of benzene rings is 2. The van der Waals surface area contributed by atoms with Gasteiger partial charge in [-0.1, -0.05) is 0 Å². The van der Waals surface area contributed by atoms with Crippen molar-refractivity contribution in [2.24, 2.45) is 0 Å². The molecule has 0 atom stereocenters. The minimum atomic E-state index is -0.326. The molecule has 1 aliphatic heterocycles. The van der Waals surface area contributed by atoms with E-state index in [1.807, 2.05) is 24.3 Å². The van der Waals surface area contributed by atoms with Gasteiger partial charge >= 0.3 is 5.97 Å². The number of methoxy groups -OCH3 is 1. The number of carbonyl (C=O) groups excluding carboxylic acids is 1. The Kier molecular flexibility index (Phi) is 5.51. The molecule has 0 aliphatic carbocycles. The molecule has 2 N–H and O–H groups in total. The maximum Gasteiger partial charge on any atom is 0.340 e. The van der Waals surface area contributed by atoms with E-state index in [0.717, 1.165) is 37.6 Å². The van der Waals surface area contributed by atoms with E-state index in [9.17, 15) is 4.79 Å². The molecule has 0 radical (unpaired) electrons. The smallest absolute Gasteiger partial charge is 0.340 e. The Morgan fingerprint density at radius 2 is 1.69 bits per heavy atom. The number of ether oxygens (including phenoxy) is 2. The monoisotopic (exact) mass is 355 g/mol. The largest absolute Gasteiger partial charge is 0.497 e. The number of piperazine rings is 1. The van der Waals surface area contributed by atoms with Crippen LogP contribution in [0.2, 0.25) is 0 Å². The maximum atomic E-state index is 12.3. The van der Waals surface area contributed by atoms with E-state index in [0.29, 0.717) is 17.9 Å². The Morgan fingerprint density at radius 3 is 2.31 bits per heavy atom. The molecule has 6 nitrogen and oxygen atoms in total. The summed E-state index contributed by atoms with van der Waals surface area (Å²) in [6.07, 6.45) is 0. The first kappa shape index (κ1) is 17.9. The number of nitrogens with zero attached hydrogens (tertiary/aromatic N) is 2. The second-order valence-corrected chi connectivity index (χ2v) is 6.17. The minimum Gasteiger partial charge on any atom is -0.497 e. The van der Waals surface area contributed by atoms with Gasteiger partial charge in [-0.3, -0.25) is 0 Å². The molecule has 1 heterocycles. The van der Waals surface area contributed by atoms with Crippen molar-refractivity contribution >= 4 is 23.0 Å². The van der Waals surface area contributed by atoms with Crippen LogP contribution in [0.4, 0.5) is 17.1 Å². The van der Waals surface area contributed by atoms with Crippen molar-refractivity contribution in [2.45, 2.75) is 6.92 Å². The Bertz CT molecular complexity index is 753. The van der Waals surface area contributed by atoms with Gasteiger partial charge in [-0.05, 0) is 49.4 Å². The van der Waals surface area contributed by atoms with Crippen LogP contribution in [0.1, 0.15) is 17.3 Å². The van der Waals surface area contributed by atoms with Crippen molar-refractivity contribution in [3.8, 4) is 5.75 Å². The zero-order valence-electron chi connectivity index (χ0n) is 15.3. The van der Waals surface area contributed by atoms with Gasteiger partial charge in [0.05, 0.1) is 25.0 Å². The molecule has 6 heteroatoms. The quantitative estimate of drug-likeness (QED) is 0.657. The normalized spacial score (nSPS) is 14.2. The van der Waals surface area contributed by atoms with Gasteiger partial charge in [0.2, 0.25) is 0 Å². The molecular weight excluding hydrogens is 330 g/mol. The third kappa shape index (κ3) is 3.85. The molecule has 2 aromatic rings. The number of nitrogens with two attached hydrogens (primary N) is 1. The highest BCUT2D eigenvalue weighted by molar-refractivity contribution is 5.97. The summed E-state index contributed by atoms with van der Waals surface area (Å²) in [5.41, 5.74) is 9.02. The van der Waals surface area contributed by atoms with Gasteiger partial charge in [0, 0.05) is 37.6 Å². The molecule has 0 unspecified atom stereocenters. The van der Waals surface area contributed by atoms with E-state index in [1.165, 1.54) is 5.69 Å². The fourth-order valence-corrected chi connectivity index (χ4v) is 3.20. The van der Waals surface area contributed by atoms with Crippen LogP contribution in [-0.2, 0) is 4.74 Å². The van der Waals surface area contributed by atoms with E-state index in [4.69, 9.17) is 15.2 Å². The lowest BCUT2D eigenvalue weighted by atomic mass is 10.1. The third-order valence-corrected chi connectivity index (χ3v) is 4.57. The molecule has 2 aromatic carbocycles. The van der Waals surface area contributed by atoms with E-state index in [-0.39, 0.29) is 5.97 Å². The molecule has 1 aliphatic rings. The number of hydrogen-bond donors (Lipinski definition) is 1. The first-order valence-electron chi connectivity index (χ1n) is 8.83. The van der Waals surface area contributed by atoms with Crippen molar-refractivity contribution < 1.29 is 14.3 Å². The SMILES string of the molecule is CCOC(=O)c1cc(N)ccc1N1CCN(c2ccc(OC)cc2)CC1. The third-order valence-electron chi connectivity index (χ3n) is 4.57. The molecule has 26 heavy (non-hydrogen) atoms. The molecule has 0 aromatic heterocycles. The number of hydrogen-bond acceptors (Lipinski definition) is 6. The Morgan fingerprint density at radius 1 is 1.04 bits per heavy atom. The van der Waals surface area contributed by atoms with Crippen molar-refractivity contribution in [2.75, 3.05) is 55.4 Å². The summed E-state index contributed by atoms with van der Waals surface area (Å²) in [6, 6.07) is 13.5. The van der Waals surface area contributed by atoms with Crippen LogP contribution in [0.25, 0.3) is 0 Å². The summed E-state index contributed by atoms with van der Waals surface area (Å²) in [7, 11) is 1.67. The lowest BCUT2D eigenvalue weighted by molar-refractivity contribution is 0.0527. The number of anilines is 3. The molecule has 138 valence electrons. The summed E-state index contributed by atoms with van der Waals surface area (Å²) < 4.78 is 10.4. The van der Waals surface area contributed by atoms with Crippen LogP contribution in [0.15, 0.2) is 42.5 Å². The molecular formula is C20H25N3O3. The summed E-state index contributed by atoms with van der Waals surface area (Å²) in [5.74, 6) is 0.528. The number of carbonyl (C=O) groups is 1. The highest BCUT2D eigenvalue weighted by atomic mass is 16.5. The van der Waals surface area contributed by atoms with Crippen LogP contribution in [0.3, 0.4) is 0 Å². The van der Waals surface area contributed by atoms with E-state index in [2.05, 4.69) is 21.9 Å². The predicted octanol–water partition coefficient (Wildman–Crippen LogP) is 2.78. The van der Waals surface area contributed by atoms with Gasteiger partial charge in [0.1, 0.15) is 5.75 Å². The van der Waals surface area contributed by atoms with Gasteiger partial charge in [-0.25, -0.2) is 4.79 Å². The molecule has 0 bridgehead atoms. The molecule has 0 saturated carbocycles. The van der Waals surface area contributed by atoms with E-state index >= 15 is 0 Å². The second-order valence-electron chi connectivity index (χ2n) is 6.17. The summed E-state index contributed by atoms with van der Waals surface area (Å²) in [4.78, 5) is 16.8. The van der Waals surface area contributed by atoms with Gasteiger partial charge < -0.3 is 25.0 Å². The molecule has 1 saturated heterocycles. The van der Waals surface area contributed by atoms with Gasteiger partial charge in [0.15, 0.2) is 0 Å². The molecule has 1 fully saturated rings. The second kappa shape index (κ2) is 7.99. The highest BCUT2D eigenvalue weighted by Crippen LogP contribution is 2.27. The van der Waals surface area contributed by atoms with Gasteiger partial charge in [-0.2, -0.15) is 0 Å². The van der Waals surface area contributed by atoms with Crippen LogP contribution in [-0.4, -0.2) is 45.9 Å². The average molecular weight is 355 g/mol. The van der Waals surface area contributed by atoms with E-state index in [1.54, 1.807) is 20.1 Å². The van der Waals surface area contributed by atoms with Crippen molar-refractivity contribution in [3.63, 3.8) is 0 Å². The standard InChI is InChI=1S/C20H25N3O3/c1-3-26-20(24)18-14-15(21)4-9-19(18)23-12-10-22(11-13-23)16-5-7-17(25-2)8-6-16/h4-9,14H,3,10-13,21H2,1-2H3. The lowest BCUT2D eigenvalue weighted by Crippen LogP contribution is -2.47. The highest BCUT2D eigenvalue weighted by Gasteiger charge is 2.22. The molecule has 0 amide bonds. The van der Waals surface area contributed by atoms with Crippen molar-refractivity contribution in [3.05, 3.63) is 48.0 Å². The summed E-state index contributed by atoms with van der Waals surface area (Å²) in [6.45, 7) is 5.54. The van der Waals surface area contributed by atoms with Crippen LogP contribution in [0, 0.1) is 0 Å². The van der Waals surface area contributed by atoms with Crippen LogP contribution < -0.4 is 20.3 Å². The number of nitrogen functional groups attached to an aromatic ring is 1. The van der Waals surface area contributed by atoms with Gasteiger partial charge in [-0.15, -0.1) is 0 Å². The first-order chi connectivity index (χ1) is 12.6. The Balaban J connectivity index is 1.72. The Labute approximate surface area is 154 Å². The number of rotatable bonds is 5. The number of esters is 1. The fraction of sp³-hybridized carbons (Fsp3) is 0.350. The average Bonchev–Trinajstić information content (AvgIpc) is 2.68. The van der Waals surface area contributed by atoms with Gasteiger partial charge in [0.25, 0.3) is 0 Å². The lowest BCUT2D eigenvalue weighted by Gasteiger charge is -2.38. The molecule has 3 rings (SSSR count). The minimum absolute atomic E-state index is 0.326.